The Morgan fingerprint density at radius 2 is 1.83 bits per heavy atom. The van der Waals surface area contributed by atoms with Crippen molar-refractivity contribution in [3.8, 4) is 0 Å². The number of hydrogen-bond acceptors (Lipinski definition) is 3. The van der Waals surface area contributed by atoms with Crippen molar-refractivity contribution in [2.45, 2.75) is 26.9 Å². The predicted molar refractivity (Wildman–Crippen MR) is 90.9 cm³/mol. The number of ether oxygens (including phenoxy) is 1. The largest absolute Gasteiger partial charge is 0.449 e. The fraction of sp³-hybridized carbons (Fsp3) is 0.222. The predicted octanol–water partition coefficient (Wildman–Crippen LogP) is 4.14. The van der Waals surface area contributed by atoms with E-state index >= 15 is 0 Å². The summed E-state index contributed by atoms with van der Waals surface area (Å²) in [5, 5.41) is 3.28. The third kappa shape index (κ3) is 4.33. The lowest BCUT2D eigenvalue weighted by Gasteiger charge is -2.15. The van der Waals surface area contributed by atoms with Crippen molar-refractivity contribution < 1.29 is 14.3 Å². The van der Waals surface area contributed by atoms with Crippen LogP contribution in [-0.4, -0.2) is 18.0 Å². The number of halogens is 1. The smallest absolute Gasteiger partial charge is 0.338 e. The number of benzene rings is 2. The molecule has 0 radical (unpaired) electrons. The second kappa shape index (κ2) is 7.29. The molecule has 0 saturated heterocycles. The molecule has 5 heteroatoms. The molecule has 0 aliphatic rings. The Morgan fingerprint density at radius 1 is 1.13 bits per heavy atom. The molecular weight excluding hydrogens is 314 g/mol. The highest BCUT2D eigenvalue weighted by atomic mass is 35.5. The topological polar surface area (TPSA) is 55.4 Å². The van der Waals surface area contributed by atoms with Crippen molar-refractivity contribution >= 4 is 29.2 Å². The normalized spacial score (nSPS) is 11.7. The van der Waals surface area contributed by atoms with Crippen molar-refractivity contribution in [2.24, 2.45) is 0 Å². The molecule has 0 heterocycles. The van der Waals surface area contributed by atoms with Gasteiger partial charge in [0, 0.05) is 10.7 Å². The van der Waals surface area contributed by atoms with Crippen LogP contribution in [0, 0.1) is 13.8 Å². The summed E-state index contributed by atoms with van der Waals surface area (Å²) in [5.41, 5.74) is 2.73. The number of anilines is 1. The zero-order valence-electron chi connectivity index (χ0n) is 13.2. The third-order valence-electron chi connectivity index (χ3n) is 3.43. The summed E-state index contributed by atoms with van der Waals surface area (Å²) in [7, 11) is 0. The first-order valence-electron chi connectivity index (χ1n) is 7.22. The summed E-state index contributed by atoms with van der Waals surface area (Å²) >= 11 is 6.02. The molecule has 0 spiro atoms. The molecule has 1 amide bonds. The van der Waals surface area contributed by atoms with E-state index in [2.05, 4.69) is 5.32 Å². The Bertz CT molecular complexity index is 743. The zero-order chi connectivity index (χ0) is 17.0. The van der Waals surface area contributed by atoms with Crippen LogP contribution < -0.4 is 5.32 Å². The molecule has 2 aromatic rings. The molecule has 4 nitrogen and oxygen atoms in total. The van der Waals surface area contributed by atoms with E-state index in [9.17, 15) is 9.59 Å². The molecule has 0 bridgehead atoms. The van der Waals surface area contributed by atoms with Crippen molar-refractivity contribution in [3.05, 3.63) is 64.2 Å². The fourth-order valence-electron chi connectivity index (χ4n) is 2.03. The van der Waals surface area contributed by atoms with Crippen LogP contribution in [0.2, 0.25) is 5.02 Å². The van der Waals surface area contributed by atoms with Gasteiger partial charge in [-0.15, -0.1) is 0 Å². The number of carbonyl (C=O) groups is 2. The van der Waals surface area contributed by atoms with E-state index in [1.165, 1.54) is 6.92 Å². The minimum Gasteiger partial charge on any atom is -0.449 e. The maximum Gasteiger partial charge on any atom is 0.338 e. The monoisotopic (exact) mass is 331 g/mol. The van der Waals surface area contributed by atoms with E-state index in [-0.39, 0.29) is 0 Å². The maximum atomic E-state index is 12.2. The third-order valence-corrected chi connectivity index (χ3v) is 3.84. The Balaban J connectivity index is 2.02. The highest BCUT2D eigenvalue weighted by molar-refractivity contribution is 6.31. The van der Waals surface area contributed by atoms with Gasteiger partial charge in [0.05, 0.1) is 5.56 Å². The lowest BCUT2D eigenvalue weighted by Crippen LogP contribution is -2.30. The lowest BCUT2D eigenvalue weighted by molar-refractivity contribution is -0.123. The van der Waals surface area contributed by atoms with Crippen molar-refractivity contribution in [3.63, 3.8) is 0 Å². The van der Waals surface area contributed by atoms with E-state index in [4.69, 9.17) is 16.3 Å². The van der Waals surface area contributed by atoms with Gasteiger partial charge >= 0.3 is 5.97 Å². The van der Waals surface area contributed by atoms with Crippen molar-refractivity contribution in [1.82, 2.24) is 0 Å². The first-order valence-corrected chi connectivity index (χ1v) is 7.60. The summed E-state index contributed by atoms with van der Waals surface area (Å²) in [6.07, 6.45) is -0.915. The highest BCUT2D eigenvalue weighted by Crippen LogP contribution is 2.23. The molecule has 120 valence electrons. The first kappa shape index (κ1) is 17.0. The Labute approximate surface area is 140 Å². The molecule has 0 aromatic heterocycles. The number of aryl methyl sites for hydroxylation is 1. The van der Waals surface area contributed by atoms with Gasteiger partial charge in [0.2, 0.25) is 0 Å². The van der Waals surface area contributed by atoms with Crippen LogP contribution in [0.1, 0.15) is 28.4 Å². The van der Waals surface area contributed by atoms with Crippen LogP contribution in [0.3, 0.4) is 0 Å². The standard InChI is InChI=1S/C18H18ClNO3/c1-11-6-4-7-14(10-11)18(22)23-13(3)17(21)20-16-9-5-8-15(19)12(16)2/h4-10,13H,1-3H3,(H,20,21). The summed E-state index contributed by atoms with van der Waals surface area (Å²) in [4.78, 5) is 24.2. The van der Waals surface area contributed by atoms with Crippen LogP contribution in [0.5, 0.6) is 0 Å². The number of carbonyl (C=O) groups excluding carboxylic acids is 2. The van der Waals surface area contributed by atoms with Crippen molar-refractivity contribution in [1.29, 1.82) is 0 Å². The molecule has 2 aromatic carbocycles. The van der Waals surface area contributed by atoms with Gasteiger partial charge in [-0.2, -0.15) is 0 Å². The molecule has 1 atom stereocenters. The summed E-state index contributed by atoms with van der Waals surface area (Å²) in [6, 6.07) is 12.3. The number of esters is 1. The van der Waals surface area contributed by atoms with E-state index in [1.807, 2.05) is 13.0 Å². The number of hydrogen-bond donors (Lipinski definition) is 1. The number of nitrogens with one attached hydrogen (secondary N) is 1. The number of amides is 1. The van der Waals surface area contributed by atoms with Gasteiger partial charge in [0.1, 0.15) is 0 Å². The van der Waals surface area contributed by atoms with Crippen LogP contribution in [0.4, 0.5) is 5.69 Å². The van der Waals surface area contributed by atoms with Crippen LogP contribution >= 0.6 is 11.6 Å². The van der Waals surface area contributed by atoms with Gasteiger partial charge in [0.25, 0.3) is 5.91 Å². The average molecular weight is 332 g/mol. The van der Waals surface area contributed by atoms with Gasteiger partial charge in [-0.1, -0.05) is 35.4 Å². The minimum absolute atomic E-state index is 0.406. The van der Waals surface area contributed by atoms with Crippen LogP contribution in [-0.2, 0) is 9.53 Å². The van der Waals surface area contributed by atoms with Crippen LogP contribution in [0.15, 0.2) is 42.5 Å². The first-order chi connectivity index (χ1) is 10.9. The molecule has 23 heavy (non-hydrogen) atoms. The molecule has 0 aliphatic carbocycles. The summed E-state index contributed by atoms with van der Waals surface area (Å²) in [5.74, 6) is -0.935. The van der Waals surface area contributed by atoms with E-state index in [1.54, 1.807) is 43.3 Å². The molecule has 2 rings (SSSR count). The van der Waals surface area contributed by atoms with Crippen molar-refractivity contribution in [2.75, 3.05) is 5.32 Å². The Kier molecular flexibility index (Phi) is 5.40. The van der Waals surface area contributed by atoms with Gasteiger partial charge in [-0.3, -0.25) is 4.79 Å². The van der Waals surface area contributed by atoms with Crippen LogP contribution in [0.25, 0.3) is 0 Å². The number of rotatable bonds is 4. The van der Waals surface area contributed by atoms with Gasteiger partial charge in [-0.25, -0.2) is 4.79 Å². The van der Waals surface area contributed by atoms with E-state index in [0.29, 0.717) is 16.3 Å². The average Bonchev–Trinajstić information content (AvgIpc) is 2.51. The quantitative estimate of drug-likeness (QED) is 0.857. The Hall–Kier alpha value is -2.33. The minimum atomic E-state index is -0.915. The SMILES string of the molecule is Cc1cccc(C(=O)OC(C)C(=O)Nc2cccc(Cl)c2C)c1. The Morgan fingerprint density at radius 3 is 2.52 bits per heavy atom. The van der Waals surface area contributed by atoms with E-state index < -0.39 is 18.0 Å². The molecule has 1 N–H and O–H groups in total. The van der Waals surface area contributed by atoms with E-state index in [0.717, 1.165) is 11.1 Å². The van der Waals surface area contributed by atoms with Gasteiger partial charge in [0.15, 0.2) is 6.10 Å². The molecular formula is C18H18ClNO3. The van der Waals surface area contributed by atoms with Gasteiger partial charge in [-0.05, 0) is 50.6 Å². The highest BCUT2D eigenvalue weighted by Gasteiger charge is 2.19. The molecule has 0 aliphatic heterocycles. The second-order valence-corrected chi connectivity index (χ2v) is 5.73. The zero-order valence-corrected chi connectivity index (χ0v) is 14.0. The lowest BCUT2D eigenvalue weighted by atomic mass is 10.1. The summed E-state index contributed by atoms with van der Waals surface area (Å²) < 4.78 is 5.21. The molecule has 0 fully saturated rings. The fourth-order valence-corrected chi connectivity index (χ4v) is 2.21. The van der Waals surface area contributed by atoms with Gasteiger partial charge < -0.3 is 10.1 Å². The second-order valence-electron chi connectivity index (χ2n) is 5.32. The molecule has 0 saturated carbocycles. The maximum absolute atomic E-state index is 12.2. The molecule has 1 unspecified atom stereocenters. The summed E-state index contributed by atoms with van der Waals surface area (Å²) in [6.45, 7) is 5.22.